The van der Waals surface area contributed by atoms with Crippen molar-refractivity contribution in [2.45, 2.75) is 19.4 Å². The van der Waals surface area contributed by atoms with E-state index in [0.29, 0.717) is 17.2 Å². The standard InChI is InChI=1S/C22H16BrN5O2/c1-12-19-20(17(10-25)21(26)30-22(19)28-27-12)16-8-15(23)6-7-18(16)29-11-14-5-3-2-4-13(14)9-24/h2-8,20H,11,26H2,1H3,(H,27,28). The van der Waals surface area contributed by atoms with E-state index in [2.05, 4.69) is 38.3 Å². The van der Waals surface area contributed by atoms with Crippen LogP contribution in [0.2, 0.25) is 0 Å². The van der Waals surface area contributed by atoms with E-state index >= 15 is 0 Å². The van der Waals surface area contributed by atoms with Crippen molar-refractivity contribution in [1.29, 1.82) is 10.5 Å². The highest BCUT2D eigenvalue weighted by atomic mass is 79.9. The van der Waals surface area contributed by atoms with E-state index < -0.39 is 5.92 Å². The van der Waals surface area contributed by atoms with E-state index in [4.69, 9.17) is 15.2 Å². The van der Waals surface area contributed by atoms with Crippen LogP contribution < -0.4 is 15.2 Å². The molecule has 0 amide bonds. The van der Waals surface area contributed by atoms with Crippen molar-refractivity contribution in [3.8, 4) is 23.8 Å². The second-order valence-electron chi connectivity index (χ2n) is 6.73. The molecule has 1 aliphatic rings. The van der Waals surface area contributed by atoms with Crippen LogP contribution in [0.15, 0.2) is 58.4 Å². The van der Waals surface area contributed by atoms with E-state index in [-0.39, 0.29) is 18.1 Å². The summed E-state index contributed by atoms with van der Waals surface area (Å²) >= 11 is 3.50. The van der Waals surface area contributed by atoms with Crippen LogP contribution >= 0.6 is 15.9 Å². The highest BCUT2D eigenvalue weighted by Crippen LogP contribution is 2.46. The topological polar surface area (TPSA) is 121 Å². The summed E-state index contributed by atoms with van der Waals surface area (Å²) in [4.78, 5) is 0. The molecule has 3 aromatic rings. The van der Waals surface area contributed by atoms with Gasteiger partial charge in [0.2, 0.25) is 11.8 Å². The molecular weight excluding hydrogens is 446 g/mol. The Balaban J connectivity index is 1.80. The Hall–Kier alpha value is -3.75. The number of hydrogen-bond acceptors (Lipinski definition) is 6. The number of nitriles is 2. The van der Waals surface area contributed by atoms with Gasteiger partial charge in [0.05, 0.1) is 17.6 Å². The van der Waals surface area contributed by atoms with Gasteiger partial charge in [0, 0.05) is 26.9 Å². The predicted octanol–water partition coefficient (Wildman–Crippen LogP) is 4.15. The number of halogens is 1. The minimum absolute atomic E-state index is 0.0160. The maximum Gasteiger partial charge on any atom is 0.244 e. The lowest BCUT2D eigenvalue weighted by atomic mass is 9.83. The molecule has 0 radical (unpaired) electrons. The average molecular weight is 462 g/mol. The van der Waals surface area contributed by atoms with Crippen molar-refractivity contribution in [1.82, 2.24) is 10.2 Å². The van der Waals surface area contributed by atoms with Crippen LogP contribution in [0, 0.1) is 29.6 Å². The molecular formula is C22H16BrN5O2. The van der Waals surface area contributed by atoms with Gasteiger partial charge in [-0.2, -0.15) is 10.5 Å². The van der Waals surface area contributed by atoms with E-state index in [1.165, 1.54) is 0 Å². The first kappa shape index (κ1) is 19.6. The minimum Gasteiger partial charge on any atom is -0.489 e. The number of fused-ring (bicyclic) bond motifs is 1. The van der Waals surface area contributed by atoms with Gasteiger partial charge in [0.25, 0.3) is 0 Å². The molecule has 3 N–H and O–H groups in total. The molecule has 0 saturated carbocycles. The van der Waals surface area contributed by atoms with Crippen LogP contribution in [-0.2, 0) is 6.61 Å². The molecule has 1 aliphatic heterocycles. The van der Waals surface area contributed by atoms with Gasteiger partial charge in [-0.05, 0) is 31.2 Å². The van der Waals surface area contributed by atoms with Crippen LogP contribution in [0.5, 0.6) is 11.6 Å². The van der Waals surface area contributed by atoms with Gasteiger partial charge in [0.1, 0.15) is 24.0 Å². The Kier molecular flexibility index (Phi) is 5.18. The molecule has 2 aromatic carbocycles. The lowest BCUT2D eigenvalue weighted by Crippen LogP contribution is -2.21. The van der Waals surface area contributed by atoms with Crippen molar-refractivity contribution in [3.05, 3.63) is 86.3 Å². The number of nitrogens with two attached hydrogens (primary N) is 1. The van der Waals surface area contributed by atoms with Crippen LogP contribution in [0.4, 0.5) is 0 Å². The SMILES string of the molecule is Cc1[nH]nc2c1C(c1cc(Br)ccc1OCc1ccccc1C#N)C(C#N)=C(N)O2. The highest BCUT2D eigenvalue weighted by molar-refractivity contribution is 9.10. The summed E-state index contributed by atoms with van der Waals surface area (Å²) in [7, 11) is 0. The fourth-order valence-electron chi connectivity index (χ4n) is 3.50. The number of allylic oxidation sites excluding steroid dienone is 1. The first-order chi connectivity index (χ1) is 14.5. The third-order valence-electron chi connectivity index (χ3n) is 4.93. The van der Waals surface area contributed by atoms with Gasteiger partial charge < -0.3 is 15.2 Å². The fraction of sp³-hybridized carbons (Fsp3) is 0.136. The molecule has 8 heteroatoms. The Labute approximate surface area is 181 Å². The lowest BCUT2D eigenvalue weighted by molar-refractivity contribution is 0.301. The molecule has 0 aliphatic carbocycles. The van der Waals surface area contributed by atoms with Crippen LogP contribution in [-0.4, -0.2) is 10.2 Å². The summed E-state index contributed by atoms with van der Waals surface area (Å²) in [5, 5.41) is 26.2. The van der Waals surface area contributed by atoms with Gasteiger partial charge >= 0.3 is 0 Å². The average Bonchev–Trinajstić information content (AvgIpc) is 3.12. The zero-order valence-electron chi connectivity index (χ0n) is 15.9. The number of aromatic amines is 1. The summed E-state index contributed by atoms with van der Waals surface area (Å²) in [6, 6.07) is 17.2. The first-order valence-corrected chi connectivity index (χ1v) is 9.85. The molecule has 0 saturated heterocycles. The van der Waals surface area contributed by atoms with Crippen molar-refractivity contribution >= 4 is 15.9 Å². The zero-order chi connectivity index (χ0) is 21.3. The molecule has 1 unspecified atom stereocenters. The van der Waals surface area contributed by atoms with Gasteiger partial charge in [-0.3, -0.25) is 5.10 Å². The van der Waals surface area contributed by atoms with Gasteiger partial charge in [-0.25, -0.2) is 0 Å². The monoisotopic (exact) mass is 461 g/mol. The molecule has 1 atom stereocenters. The van der Waals surface area contributed by atoms with Gasteiger partial charge in [0.15, 0.2) is 0 Å². The number of nitrogens with one attached hydrogen (secondary N) is 1. The quantitative estimate of drug-likeness (QED) is 0.601. The van der Waals surface area contributed by atoms with E-state index in [1.54, 1.807) is 6.07 Å². The van der Waals surface area contributed by atoms with E-state index in [0.717, 1.165) is 26.9 Å². The number of aromatic nitrogens is 2. The Bertz CT molecular complexity index is 1250. The predicted molar refractivity (Wildman–Crippen MR) is 112 cm³/mol. The summed E-state index contributed by atoms with van der Waals surface area (Å²) in [5.74, 6) is 0.429. The minimum atomic E-state index is -0.504. The maximum absolute atomic E-state index is 9.80. The second kappa shape index (κ2) is 7.94. The number of nitrogens with zero attached hydrogens (tertiary/aromatic N) is 3. The third kappa shape index (κ3) is 3.38. The van der Waals surface area contributed by atoms with E-state index in [9.17, 15) is 10.5 Å². The molecule has 0 spiro atoms. The van der Waals surface area contributed by atoms with Crippen molar-refractivity contribution in [2.75, 3.05) is 0 Å². The number of rotatable bonds is 4. The molecule has 7 nitrogen and oxygen atoms in total. The number of aryl methyl sites for hydroxylation is 1. The van der Waals surface area contributed by atoms with Gasteiger partial charge in [-0.1, -0.05) is 34.1 Å². The number of ether oxygens (including phenoxy) is 2. The van der Waals surface area contributed by atoms with Crippen molar-refractivity contribution < 1.29 is 9.47 Å². The summed E-state index contributed by atoms with van der Waals surface area (Å²) in [5.41, 5.74) is 9.89. The molecule has 2 heterocycles. The molecule has 1 aromatic heterocycles. The molecule has 30 heavy (non-hydrogen) atoms. The zero-order valence-corrected chi connectivity index (χ0v) is 17.5. The normalized spacial score (nSPS) is 15.0. The number of benzene rings is 2. The largest absolute Gasteiger partial charge is 0.489 e. The van der Waals surface area contributed by atoms with Crippen molar-refractivity contribution in [2.24, 2.45) is 5.73 Å². The van der Waals surface area contributed by atoms with Crippen LogP contribution in [0.3, 0.4) is 0 Å². The molecule has 0 bridgehead atoms. The van der Waals surface area contributed by atoms with Crippen molar-refractivity contribution in [3.63, 3.8) is 0 Å². The smallest absolute Gasteiger partial charge is 0.244 e. The Morgan fingerprint density at radius 1 is 1.23 bits per heavy atom. The highest BCUT2D eigenvalue weighted by Gasteiger charge is 2.36. The number of H-pyrrole nitrogens is 1. The third-order valence-corrected chi connectivity index (χ3v) is 5.43. The summed E-state index contributed by atoms with van der Waals surface area (Å²) < 4.78 is 12.5. The Morgan fingerprint density at radius 2 is 2.03 bits per heavy atom. The van der Waals surface area contributed by atoms with Crippen LogP contribution in [0.1, 0.15) is 33.9 Å². The lowest BCUT2D eigenvalue weighted by Gasteiger charge is -2.25. The summed E-state index contributed by atoms with van der Waals surface area (Å²) in [6.45, 7) is 2.07. The molecule has 148 valence electrons. The maximum atomic E-state index is 9.80. The second-order valence-corrected chi connectivity index (χ2v) is 7.65. The van der Waals surface area contributed by atoms with Crippen LogP contribution in [0.25, 0.3) is 0 Å². The molecule has 4 rings (SSSR count). The fourth-order valence-corrected chi connectivity index (χ4v) is 3.88. The van der Waals surface area contributed by atoms with Gasteiger partial charge in [-0.15, -0.1) is 5.10 Å². The van der Waals surface area contributed by atoms with E-state index in [1.807, 2.05) is 43.3 Å². The number of hydrogen-bond donors (Lipinski definition) is 2. The summed E-state index contributed by atoms with van der Waals surface area (Å²) in [6.07, 6.45) is 0. The first-order valence-electron chi connectivity index (χ1n) is 9.06. The molecule has 0 fully saturated rings. The Morgan fingerprint density at radius 3 is 2.80 bits per heavy atom.